The van der Waals surface area contributed by atoms with Crippen LogP contribution in [0.1, 0.15) is 17.0 Å². The lowest BCUT2D eigenvalue weighted by Crippen LogP contribution is -2.25. The van der Waals surface area contributed by atoms with Crippen molar-refractivity contribution in [2.45, 2.75) is 17.6 Å². The molecule has 0 saturated carbocycles. The third-order valence-corrected chi connectivity index (χ3v) is 4.35. The number of nitrogens with zero attached hydrogens (tertiary/aromatic N) is 4. The van der Waals surface area contributed by atoms with Gasteiger partial charge in [-0.2, -0.15) is 23.5 Å². The van der Waals surface area contributed by atoms with Crippen molar-refractivity contribution in [1.82, 2.24) is 19.5 Å². The molecule has 122 valence electrons. The first-order valence-corrected chi connectivity index (χ1v) is 7.57. The number of nitrogens with one attached hydrogen (secondary N) is 1. The van der Waals surface area contributed by atoms with Crippen LogP contribution in [0, 0.1) is 11.3 Å². The number of rotatable bonds is 4. The number of hydrogen-bond donors (Lipinski definition) is 1. The molecule has 0 bridgehead atoms. The van der Waals surface area contributed by atoms with E-state index >= 15 is 0 Å². The summed E-state index contributed by atoms with van der Waals surface area (Å²) in [5, 5.41) is 12.4. The molecule has 0 radical (unpaired) electrons. The number of halogens is 3. The van der Waals surface area contributed by atoms with Crippen LogP contribution in [0.5, 0.6) is 0 Å². The lowest BCUT2D eigenvalue weighted by molar-refractivity contribution is -0.137. The molecule has 1 N–H and O–H groups in total. The summed E-state index contributed by atoms with van der Waals surface area (Å²) in [6.07, 6.45) is -3.62. The van der Waals surface area contributed by atoms with Gasteiger partial charge in [0.15, 0.2) is 0 Å². The largest absolute Gasteiger partial charge is 0.417 e. The first-order chi connectivity index (χ1) is 10.6. The normalized spacial score (nSPS) is 12.1. The molecule has 11 heteroatoms. The van der Waals surface area contributed by atoms with E-state index in [0.29, 0.717) is 11.9 Å². The van der Waals surface area contributed by atoms with E-state index in [2.05, 4.69) is 14.8 Å². The number of nitriles is 1. The SMILES string of the molecule is Cn1ncnc1CNS(=O)(=O)c1ccc(C#N)c(C(F)(F)F)c1. The predicted octanol–water partition coefficient (Wildman–Crippen LogP) is 1.18. The Kier molecular flexibility index (Phi) is 4.39. The van der Waals surface area contributed by atoms with Gasteiger partial charge in [-0.15, -0.1) is 0 Å². The van der Waals surface area contributed by atoms with Crippen LogP contribution in [0.15, 0.2) is 29.4 Å². The highest BCUT2D eigenvalue weighted by Crippen LogP contribution is 2.33. The molecule has 0 atom stereocenters. The van der Waals surface area contributed by atoms with E-state index in [0.717, 1.165) is 12.1 Å². The van der Waals surface area contributed by atoms with Crippen molar-refractivity contribution in [3.63, 3.8) is 0 Å². The van der Waals surface area contributed by atoms with Crippen molar-refractivity contribution in [3.8, 4) is 6.07 Å². The molecule has 2 aromatic rings. The van der Waals surface area contributed by atoms with Crippen LogP contribution in [0.2, 0.25) is 0 Å². The highest BCUT2D eigenvalue weighted by molar-refractivity contribution is 7.89. The second-order valence-electron chi connectivity index (χ2n) is 4.44. The Labute approximate surface area is 129 Å². The predicted molar refractivity (Wildman–Crippen MR) is 71.2 cm³/mol. The van der Waals surface area contributed by atoms with Gasteiger partial charge in [-0.3, -0.25) is 4.68 Å². The van der Waals surface area contributed by atoms with E-state index in [1.54, 1.807) is 7.05 Å². The van der Waals surface area contributed by atoms with Gasteiger partial charge >= 0.3 is 6.18 Å². The maximum absolute atomic E-state index is 12.9. The van der Waals surface area contributed by atoms with E-state index in [1.807, 2.05) is 0 Å². The summed E-state index contributed by atoms with van der Waals surface area (Å²) in [7, 11) is -2.66. The fraction of sp³-hybridized carbons (Fsp3) is 0.250. The van der Waals surface area contributed by atoms with Gasteiger partial charge in [0.1, 0.15) is 12.2 Å². The van der Waals surface area contributed by atoms with Gasteiger partial charge in [0.05, 0.1) is 28.6 Å². The summed E-state index contributed by atoms with van der Waals surface area (Å²) in [5.41, 5.74) is -1.95. The number of aryl methyl sites for hydroxylation is 1. The molecular formula is C12H10F3N5O2S. The van der Waals surface area contributed by atoms with Gasteiger partial charge in [-0.1, -0.05) is 0 Å². The maximum atomic E-state index is 12.9. The smallest absolute Gasteiger partial charge is 0.252 e. The molecule has 0 aliphatic heterocycles. The zero-order valence-corrected chi connectivity index (χ0v) is 12.5. The van der Waals surface area contributed by atoms with Gasteiger partial charge in [0.2, 0.25) is 10.0 Å². The Morgan fingerprint density at radius 2 is 2.09 bits per heavy atom. The molecule has 0 aliphatic carbocycles. The summed E-state index contributed by atoms with van der Waals surface area (Å²) in [4.78, 5) is 3.21. The number of hydrogen-bond acceptors (Lipinski definition) is 5. The fourth-order valence-electron chi connectivity index (χ4n) is 1.75. The molecule has 1 aromatic heterocycles. The summed E-state index contributed by atoms with van der Waals surface area (Å²) in [6, 6.07) is 3.57. The van der Waals surface area contributed by atoms with Crippen molar-refractivity contribution < 1.29 is 21.6 Å². The van der Waals surface area contributed by atoms with Crippen LogP contribution in [-0.2, 0) is 29.8 Å². The van der Waals surface area contributed by atoms with Crippen molar-refractivity contribution in [2.75, 3.05) is 0 Å². The van der Waals surface area contributed by atoms with Crippen LogP contribution in [0.4, 0.5) is 13.2 Å². The van der Waals surface area contributed by atoms with Crippen LogP contribution >= 0.6 is 0 Å². The van der Waals surface area contributed by atoms with Crippen molar-refractivity contribution >= 4 is 10.0 Å². The van der Waals surface area contributed by atoms with Crippen LogP contribution < -0.4 is 4.72 Å². The molecule has 0 amide bonds. The molecule has 0 fully saturated rings. The number of alkyl halides is 3. The Hall–Kier alpha value is -2.45. The van der Waals surface area contributed by atoms with Crippen LogP contribution in [0.3, 0.4) is 0 Å². The molecule has 0 saturated heterocycles. The minimum Gasteiger partial charge on any atom is -0.252 e. The highest BCUT2D eigenvalue weighted by atomic mass is 32.2. The highest BCUT2D eigenvalue weighted by Gasteiger charge is 2.35. The Bertz CT molecular complexity index is 868. The second-order valence-corrected chi connectivity index (χ2v) is 6.21. The zero-order valence-electron chi connectivity index (χ0n) is 11.7. The summed E-state index contributed by atoms with van der Waals surface area (Å²) in [5.74, 6) is 0.290. The van der Waals surface area contributed by atoms with E-state index in [1.165, 1.54) is 17.1 Å². The van der Waals surface area contributed by atoms with Gasteiger partial charge in [0, 0.05) is 7.05 Å². The van der Waals surface area contributed by atoms with Gasteiger partial charge in [0.25, 0.3) is 0 Å². The lowest BCUT2D eigenvalue weighted by Gasteiger charge is -2.11. The lowest BCUT2D eigenvalue weighted by atomic mass is 10.1. The van der Waals surface area contributed by atoms with E-state index in [-0.39, 0.29) is 6.54 Å². The molecule has 23 heavy (non-hydrogen) atoms. The minimum atomic E-state index is -4.83. The number of aromatic nitrogens is 3. The fourth-order valence-corrected chi connectivity index (χ4v) is 2.75. The van der Waals surface area contributed by atoms with Crippen molar-refractivity contribution in [1.29, 1.82) is 5.26 Å². The molecular weight excluding hydrogens is 335 g/mol. The van der Waals surface area contributed by atoms with E-state index in [4.69, 9.17) is 5.26 Å². The van der Waals surface area contributed by atoms with Gasteiger partial charge in [-0.05, 0) is 18.2 Å². The Morgan fingerprint density at radius 1 is 1.39 bits per heavy atom. The molecule has 0 aliphatic rings. The van der Waals surface area contributed by atoms with Crippen molar-refractivity contribution in [2.24, 2.45) is 7.05 Å². The first kappa shape index (κ1) is 16.9. The molecule has 1 heterocycles. The van der Waals surface area contributed by atoms with Crippen LogP contribution in [-0.4, -0.2) is 23.2 Å². The molecule has 0 spiro atoms. The summed E-state index contributed by atoms with van der Waals surface area (Å²) in [6.45, 7) is -0.236. The Morgan fingerprint density at radius 3 is 2.61 bits per heavy atom. The van der Waals surface area contributed by atoms with Crippen molar-refractivity contribution in [3.05, 3.63) is 41.5 Å². The molecule has 0 unspecified atom stereocenters. The van der Waals surface area contributed by atoms with E-state index in [9.17, 15) is 21.6 Å². The quantitative estimate of drug-likeness (QED) is 0.897. The molecule has 7 nitrogen and oxygen atoms in total. The zero-order chi connectivity index (χ0) is 17.3. The van der Waals surface area contributed by atoms with Gasteiger partial charge < -0.3 is 0 Å². The average Bonchev–Trinajstić information content (AvgIpc) is 2.89. The van der Waals surface area contributed by atoms with Gasteiger partial charge in [-0.25, -0.2) is 18.1 Å². The molecule has 2 rings (SSSR count). The third-order valence-electron chi connectivity index (χ3n) is 2.95. The monoisotopic (exact) mass is 345 g/mol. The van der Waals surface area contributed by atoms with Crippen LogP contribution in [0.25, 0.3) is 0 Å². The number of benzene rings is 1. The first-order valence-electron chi connectivity index (χ1n) is 6.09. The number of sulfonamides is 1. The Balaban J connectivity index is 2.33. The topological polar surface area (TPSA) is 101 Å². The summed E-state index contributed by atoms with van der Waals surface area (Å²) < 4.78 is 66.3. The summed E-state index contributed by atoms with van der Waals surface area (Å²) >= 11 is 0. The molecule has 1 aromatic carbocycles. The maximum Gasteiger partial charge on any atom is 0.417 e. The second kappa shape index (κ2) is 5.98. The minimum absolute atomic E-state index is 0.236. The van der Waals surface area contributed by atoms with E-state index < -0.39 is 32.2 Å². The average molecular weight is 345 g/mol. The standard InChI is InChI=1S/C12H10F3N5O2S/c1-20-11(17-7-18-20)6-19-23(21,22)9-3-2-8(5-16)10(4-9)12(13,14)15/h2-4,7,19H,6H2,1H3. The third kappa shape index (κ3) is 3.66.